The summed E-state index contributed by atoms with van der Waals surface area (Å²) < 4.78 is 5.01. The fourth-order valence-corrected chi connectivity index (χ4v) is 2.66. The quantitative estimate of drug-likeness (QED) is 0.859. The van der Waals surface area contributed by atoms with Gasteiger partial charge in [0, 0.05) is 20.7 Å². The number of urea groups is 1. The van der Waals surface area contributed by atoms with Crippen LogP contribution in [0.15, 0.2) is 24.3 Å². The Morgan fingerprint density at radius 3 is 3.00 bits per heavy atom. The van der Waals surface area contributed by atoms with E-state index in [1.165, 1.54) is 17.5 Å². The number of nitrogens with one attached hydrogen (secondary N) is 1. The topological polar surface area (TPSA) is 41.6 Å². The molecular formula is C16H24N2O2. The summed E-state index contributed by atoms with van der Waals surface area (Å²) >= 11 is 0. The number of aryl methyl sites for hydroxylation is 1. The van der Waals surface area contributed by atoms with Crippen LogP contribution in [-0.2, 0) is 11.2 Å². The molecule has 4 nitrogen and oxygen atoms in total. The van der Waals surface area contributed by atoms with E-state index >= 15 is 0 Å². The van der Waals surface area contributed by atoms with Gasteiger partial charge < -0.3 is 15.0 Å². The summed E-state index contributed by atoms with van der Waals surface area (Å²) in [6.45, 7) is 1.17. The molecule has 1 aromatic carbocycles. The standard InChI is InChI=1S/C16H24N2O2/c1-18(11-12-20-2)16(19)17-15-10-6-4-8-13-7-3-5-9-14(13)15/h3,5,7,9,15H,4,6,8,10-12H2,1-2H3,(H,17,19). The normalized spacial score (nSPS) is 18.0. The number of hydrogen-bond acceptors (Lipinski definition) is 2. The first kappa shape index (κ1) is 14.9. The molecular weight excluding hydrogens is 252 g/mol. The Morgan fingerprint density at radius 2 is 2.20 bits per heavy atom. The van der Waals surface area contributed by atoms with Crippen LogP contribution in [0, 0.1) is 0 Å². The maximum atomic E-state index is 12.2. The largest absolute Gasteiger partial charge is 0.383 e. The minimum Gasteiger partial charge on any atom is -0.383 e. The second kappa shape index (κ2) is 7.29. The fraction of sp³-hybridized carbons (Fsp3) is 0.562. The number of likely N-dealkylation sites (N-methyl/N-ethyl adjacent to an activating group) is 1. The number of benzene rings is 1. The molecule has 0 heterocycles. The number of carbonyl (C=O) groups is 1. The summed E-state index contributed by atoms with van der Waals surface area (Å²) in [7, 11) is 3.45. The summed E-state index contributed by atoms with van der Waals surface area (Å²) in [4.78, 5) is 13.9. The smallest absolute Gasteiger partial charge is 0.317 e. The molecule has 0 saturated heterocycles. The zero-order chi connectivity index (χ0) is 14.4. The number of rotatable bonds is 4. The molecule has 0 radical (unpaired) electrons. The highest BCUT2D eigenvalue weighted by molar-refractivity contribution is 5.74. The fourth-order valence-electron chi connectivity index (χ4n) is 2.66. The summed E-state index contributed by atoms with van der Waals surface area (Å²) in [6, 6.07) is 8.55. The van der Waals surface area contributed by atoms with Crippen LogP contribution in [0.25, 0.3) is 0 Å². The van der Waals surface area contributed by atoms with Gasteiger partial charge in [0.1, 0.15) is 0 Å². The second-order valence-electron chi connectivity index (χ2n) is 5.36. The average Bonchev–Trinajstić information content (AvgIpc) is 2.67. The number of ether oxygens (including phenoxy) is 1. The minimum absolute atomic E-state index is 0.0243. The van der Waals surface area contributed by atoms with Gasteiger partial charge in [0.15, 0.2) is 0 Å². The highest BCUT2D eigenvalue weighted by Gasteiger charge is 2.21. The molecule has 2 rings (SSSR count). The van der Waals surface area contributed by atoms with Gasteiger partial charge in [-0.05, 0) is 30.4 Å². The number of fused-ring (bicyclic) bond motifs is 1. The lowest BCUT2D eigenvalue weighted by molar-refractivity contribution is 0.157. The van der Waals surface area contributed by atoms with Crippen LogP contribution in [0.3, 0.4) is 0 Å². The molecule has 1 N–H and O–H groups in total. The van der Waals surface area contributed by atoms with Crippen molar-refractivity contribution >= 4 is 6.03 Å². The van der Waals surface area contributed by atoms with Gasteiger partial charge in [-0.3, -0.25) is 0 Å². The molecule has 4 heteroatoms. The number of methoxy groups -OCH3 is 1. The number of carbonyl (C=O) groups excluding carboxylic acids is 1. The second-order valence-corrected chi connectivity index (χ2v) is 5.36. The van der Waals surface area contributed by atoms with Crippen molar-refractivity contribution in [1.29, 1.82) is 0 Å². The molecule has 110 valence electrons. The first-order valence-corrected chi connectivity index (χ1v) is 7.30. The van der Waals surface area contributed by atoms with Crippen LogP contribution >= 0.6 is 0 Å². The Balaban J connectivity index is 2.03. The molecule has 1 atom stereocenters. The lowest BCUT2D eigenvalue weighted by Gasteiger charge is -2.24. The predicted octanol–water partition coefficient (Wildman–Crippen LogP) is 2.74. The van der Waals surface area contributed by atoms with E-state index in [1.54, 1.807) is 19.1 Å². The Hall–Kier alpha value is -1.55. The van der Waals surface area contributed by atoms with E-state index in [2.05, 4.69) is 29.6 Å². The van der Waals surface area contributed by atoms with Crippen LogP contribution < -0.4 is 5.32 Å². The minimum atomic E-state index is -0.0243. The van der Waals surface area contributed by atoms with Crippen molar-refractivity contribution in [2.24, 2.45) is 0 Å². The molecule has 0 aliphatic heterocycles. The maximum absolute atomic E-state index is 12.2. The molecule has 1 aromatic rings. The molecule has 1 aliphatic rings. The van der Waals surface area contributed by atoms with Crippen molar-refractivity contribution < 1.29 is 9.53 Å². The van der Waals surface area contributed by atoms with E-state index in [9.17, 15) is 4.79 Å². The molecule has 20 heavy (non-hydrogen) atoms. The Morgan fingerprint density at radius 1 is 1.40 bits per heavy atom. The molecule has 0 spiro atoms. The van der Waals surface area contributed by atoms with Crippen LogP contribution in [-0.4, -0.2) is 38.2 Å². The van der Waals surface area contributed by atoms with Crippen molar-refractivity contribution in [3.05, 3.63) is 35.4 Å². The van der Waals surface area contributed by atoms with E-state index < -0.39 is 0 Å². The zero-order valence-electron chi connectivity index (χ0n) is 12.4. The van der Waals surface area contributed by atoms with Gasteiger partial charge in [-0.25, -0.2) is 4.79 Å². The SMILES string of the molecule is COCCN(C)C(=O)NC1CCCCc2ccccc21. The number of nitrogens with zero attached hydrogens (tertiary/aromatic N) is 1. The average molecular weight is 276 g/mol. The summed E-state index contributed by atoms with van der Waals surface area (Å²) in [5.41, 5.74) is 2.65. The monoisotopic (exact) mass is 276 g/mol. The predicted molar refractivity (Wildman–Crippen MR) is 79.8 cm³/mol. The van der Waals surface area contributed by atoms with E-state index in [0.717, 1.165) is 19.3 Å². The molecule has 0 aromatic heterocycles. The molecule has 1 aliphatic carbocycles. The zero-order valence-corrected chi connectivity index (χ0v) is 12.4. The van der Waals surface area contributed by atoms with E-state index in [0.29, 0.717) is 13.2 Å². The third-order valence-corrected chi connectivity index (χ3v) is 3.89. The highest BCUT2D eigenvalue weighted by atomic mass is 16.5. The first-order chi connectivity index (χ1) is 9.72. The Labute approximate surface area is 121 Å². The maximum Gasteiger partial charge on any atom is 0.317 e. The van der Waals surface area contributed by atoms with Crippen molar-refractivity contribution in [1.82, 2.24) is 10.2 Å². The third-order valence-electron chi connectivity index (χ3n) is 3.89. The lowest BCUT2D eigenvalue weighted by Crippen LogP contribution is -2.40. The van der Waals surface area contributed by atoms with E-state index in [-0.39, 0.29) is 12.1 Å². The summed E-state index contributed by atoms with van der Waals surface area (Å²) in [5, 5.41) is 3.16. The van der Waals surface area contributed by atoms with Crippen LogP contribution in [0.4, 0.5) is 4.79 Å². The van der Waals surface area contributed by atoms with Crippen LogP contribution in [0.2, 0.25) is 0 Å². The highest BCUT2D eigenvalue weighted by Crippen LogP contribution is 2.28. The van der Waals surface area contributed by atoms with Crippen molar-refractivity contribution in [3.63, 3.8) is 0 Å². The Kier molecular flexibility index (Phi) is 5.41. The number of amides is 2. The molecule has 0 fully saturated rings. The van der Waals surface area contributed by atoms with Gasteiger partial charge in [-0.1, -0.05) is 30.7 Å². The summed E-state index contributed by atoms with van der Waals surface area (Å²) in [5.74, 6) is 0. The van der Waals surface area contributed by atoms with Gasteiger partial charge in [0.05, 0.1) is 12.6 Å². The number of hydrogen-bond donors (Lipinski definition) is 1. The third kappa shape index (κ3) is 3.73. The van der Waals surface area contributed by atoms with Gasteiger partial charge in [0.2, 0.25) is 0 Å². The van der Waals surface area contributed by atoms with Gasteiger partial charge in [-0.15, -0.1) is 0 Å². The van der Waals surface area contributed by atoms with Crippen LogP contribution in [0.1, 0.15) is 36.4 Å². The molecule has 0 saturated carbocycles. The van der Waals surface area contributed by atoms with E-state index in [1.807, 2.05) is 0 Å². The molecule has 1 unspecified atom stereocenters. The van der Waals surface area contributed by atoms with E-state index in [4.69, 9.17) is 4.74 Å². The molecule has 0 bridgehead atoms. The molecule has 2 amide bonds. The van der Waals surface area contributed by atoms with Crippen LogP contribution in [0.5, 0.6) is 0 Å². The van der Waals surface area contributed by atoms with Crippen molar-refractivity contribution in [2.45, 2.75) is 31.7 Å². The van der Waals surface area contributed by atoms with Gasteiger partial charge in [0.25, 0.3) is 0 Å². The van der Waals surface area contributed by atoms with Crippen molar-refractivity contribution in [2.75, 3.05) is 27.3 Å². The van der Waals surface area contributed by atoms with Gasteiger partial charge in [-0.2, -0.15) is 0 Å². The first-order valence-electron chi connectivity index (χ1n) is 7.30. The summed E-state index contributed by atoms with van der Waals surface area (Å²) in [6.07, 6.45) is 4.48. The van der Waals surface area contributed by atoms with Gasteiger partial charge >= 0.3 is 6.03 Å². The lowest BCUT2D eigenvalue weighted by atomic mass is 9.99. The Bertz CT molecular complexity index is 448. The van der Waals surface area contributed by atoms with Crippen molar-refractivity contribution in [3.8, 4) is 0 Å².